The summed E-state index contributed by atoms with van der Waals surface area (Å²) in [5.41, 5.74) is 0. The Morgan fingerprint density at radius 1 is 0.680 bits per heavy atom. The molecule has 25 heavy (non-hydrogen) atoms. The Morgan fingerprint density at radius 2 is 1.16 bits per heavy atom. The maximum absolute atomic E-state index is 11.3. The van der Waals surface area contributed by atoms with Crippen LogP contribution in [-0.2, 0) is 19.0 Å². The molecule has 0 bridgehead atoms. The zero-order valence-electron chi connectivity index (χ0n) is 17.0. The highest BCUT2D eigenvalue weighted by Gasteiger charge is 2.04. The van der Waals surface area contributed by atoms with Crippen molar-refractivity contribution in [3.05, 3.63) is 0 Å². The Labute approximate surface area is 156 Å². The van der Waals surface area contributed by atoms with Crippen LogP contribution in [0.2, 0.25) is 0 Å². The van der Waals surface area contributed by atoms with Gasteiger partial charge in [-0.3, -0.25) is 4.79 Å². The van der Waals surface area contributed by atoms with Crippen molar-refractivity contribution in [2.45, 2.75) is 104 Å². The van der Waals surface area contributed by atoms with Crippen molar-refractivity contribution in [1.29, 1.82) is 0 Å². The van der Waals surface area contributed by atoms with Crippen molar-refractivity contribution >= 4 is 5.97 Å². The molecule has 0 aliphatic rings. The highest BCUT2D eigenvalue weighted by molar-refractivity contribution is 5.69. The highest BCUT2D eigenvalue weighted by Crippen LogP contribution is 2.10. The fourth-order valence-electron chi connectivity index (χ4n) is 2.65. The third-order valence-electron chi connectivity index (χ3n) is 4.05. The van der Waals surface area contributed by atoms with Crippen molar-refractivity contribution in [3.63, 3.8) is 0 Å². The monoisotopic (exact) mass is 358 g/mol. The van der Waals surface area contributed by atoms with Crippen LogP contribution in [0.3, 0.4) is 0 Å². The molecule has 0 amide bonds. The van der Waals surface area contributed by atoms with Gasteiger partial charge in [0.2, 0.25) is 0 Å². The van der Waals surface area contributed by atoms with E-state index in [9.17, 15) is 4.79 Å². The largest absolute Gasteiger partial charge is 0.463 e. The van der Waals surface area contributed by atoms with Gasteiger partial charge in [-0.15, -0.1) is 0 Å². The van der Waals surface area contributed by atoms with Gasteiger partial charge in [0, 0.05) is 19.6 Å². The molecular weight excluding hydrogens is 316 g/mol. The quantitative estimate of drug-likeness (QED) is 0.220. The number of carbonyl (C=O) groups is 1. The molecule has 0 aliphatic carbocycles. The number of rotatable bonds is 19. The van der Waals surface area contributed by atoms with Crippen LogP contribution in [0.15, 0.2) is 0 Å². The summed E-state index contributed by atoms with van der Waals surface area (Å²) >= 11 is 0. The topological polar surface area (TPSA) is 44.8 Å². The van der Waals surface area contributed by atoms with Gasteiger partial charge in [-0.05, 0) is 26.7 Å². The molecule has 0 radical (unpaired) electrons. The first kappa shape index (κ1) is 24.4. The summed E-state index contributed by atoms with van der Waals surface area (Å²) in [7, 11) is 0. The molecule has 0 rings (SSSR count). The van der Waals surface area contributed by atoms with Gasteiger partial charge in [-0.1, -0.05) is 64.7 Å². The molecule has 0 heterocycles. The zero-order valence-corrected chi connectivity index (χ0v) is 17.0. The van der Waals surface area contributed by atoms with Crippen molar-refractivity contribution in [2.24, 2.45) is 0 Å². The Hall–Kier alpha value is -0.610. The molecule has 0 spiro atoms. The molecule has 4 heteroatoms. The fourth-order valence-corrected chi connectivity index (χ4v) is 2.65. The summed E-state index contributed by atoms with van der Waals surface area (Å²) in [6.07, 6.45) is 14.6. The van der Waals surface area contributed by atoms with Crippen molar-refractivity contribution in [2.75, 3.05) is 26.4 Å². The fraction of sp³-hybridized carbons (Fsp3) is 0.952. The highest BCUT2D eigenvalue weighted by atomic mass is 16.5. The molecule has 4 nitrogen and oxygen atoms in total. The first-order valence-corrected chi connectivity index (χ1v) is 10.5. The molecule has 0 unspecified atom stereocenters. The van der Waals surface area contributed by atoms with E-state index in [4.69, 9.17) is 14.2 Å². The van der Waals surface area contributed by atoms with Crippen molar-refractivity contribution < 1.29 is 19.0 Å². The van der Waals surface area contributed by atoms with Crippen LogP contribution in [-0.4, -0.2) is 38.5 Å². The summed E-state index contributed by atoms with van der Waals surface area (Å²) in [6, 6.07) is 0. The second-order valence-electron chi connectivity index (χ2n) is 7.05. The summed E-state index contributed by atoms with van der Waals surface area (Å²) in [6.45, 7) is 8.67. The number of esters is 1. The lowest BCUT2D eigenvalue weighted by atomic mass is 10.1. The van der Waals surface area contributed by atoms with E-state index in [2.05, 4.69) is 6.92 Å². The zero-order chi connectivity index (χ0) is 18.6. The van der Waals surface area contributed by atoms with Crippen molar-refractivity contribution in [1.82, 2.24) is 0 Å². The van der Waals surface area contributed by atoms with E-state index in [1.165, 1.54) is 57.8 Å². The molecule has 0 N–H and O–H groups in total. The smallest absolute Gasteiger partial charge is 0.306 e. The van der Waals surface area contributed by atoms with Gasteiger partial charge in [0.05, 0.1) is 19.3 Å². The molecule has 0 aromatic carbocycles. The molecule has 150 valence electrons. The summed E-state index contributed by atoms with van der Waals surface area (Å²) < 4.78 is 16.1. The Kier molecular flexibility index (Phi) is 19.2. The van der Waals surface area contributed by atoms with E-state index in [1.54, 1.807) is 0 Å². The average molecular weight is 359 g/mol. The van der Waals surface area contributed by atoms with Gasteiger partial charge >= 0.3 is 5.97 Å². The second-order valence-corrected chi connectivity index (χ2v) is 7.05. The lowest BCUT2D eigenvalue weighted by Gasteiger charge is -2.08. The van der Waals surface area contributed by atoms with E-state index < -0.39 is 0 Å². The number of hydrogen-bond donors (Lipinski definition) is 0. The van der Waals surface area contributed by atoms with Crippen molar-refractivity contribution in [3.8, 4) is 0 Å². The van der Waals surface area contributed by atoms with E-state index in [1.807, 2.05) is 13.8 Å². The van der Waals surface area contributed by atoms with Crippen LogP contribution < -0.4 is 0 Å². The third kappa shape index (κ3) is 21.3. The van der Waals surface area contributed by atoms with E-state index in [0.29, 0.717) is 32.7 Å². The number of unbranched alkanes of at least 4 members (excludes halogenated alkanes) is 9. The Bertz CT molecular complexity index is 279. The maximum Gasteiger partial charge on any atom is 0.306 e. The van der Waals surface area contributed by atoms with Crippen LogP contribution >= 0.6 is 0 Å². The standard InChI is InChI=1S/C21H42O4/c1-4-5-6-7-8-9-10-11-12-13-16-23-18-19-24-17-14-15-21(22)25-20(2)3/h20H,4-19H2,1-3H3. The molecule has 0 aliphatic heterocycles. The predicted octanol–water partition coefficient (Wildman–Crippen LogP) is 5.67. The van der Waals surface area contributed by atoms with Gasteiger partial charge in [0.1, 0.15) is 0 Å². The first-order valence-electron chi connectivity index (χ1n) is 10.5. The van der Waals surface area contributed by atoms with E-state index in [-0.39, 0.29) is 12.1 Å². The van der Waals surface area contributed by atoms with Crippen LogP contribution in [0.4, 0.5) is 0 Å². The SMILES string of the molecule is CCCCCCCCCCCCOCCOCCCC(=O)OC(C)C. The third-order valence-corrected chi connectivity index (χ3v) is 4.05. The van der Waals surface area contributed by atoms with Gasteiger partial charge in [0.25, 0.3) is 0 Å². The molecule has 0 fully saturated rings. The Morgan fingerprint density at radius 3 is 1.68 bits per heavy atom. The summed E-state index contributed by atoms with van der Waals surface area (Å²) in [5.74, 6) is -0.143. The molecule has 0 atom stereocenters. The minimum Gasteiger partial charge on any atom is -0.463 e. The summed E-state index contributed by atoms with van der Waals surface area (Å²) in [4.78, 5) is 11.3. The number of carbonyl (C=O) groups excluding carboxylic acids is 1. The second kappa shape index (κ2) is 19.7. The van der Waals surface area contributed by atoms with Crippen LogP contribution in [0.25, 0.3) is 0 Å². The normalized spacial score (nSPS) is 11.2. The first-order chi connectivity index (χ1) is 12.2. The van der Waals surface area contributed by atoms with E-state index in [0.717, 1.165) is 13.0 Å². The average Bonchev–Trinajstić information content (AvgIpc) is 2.57. The minimum absolute atomic E-state index is 0.0346. The molecule has 0 saturated carbocycles. The molecular formula is C21H42O4. The minimum atomic E-state index is -0.143. The lowest BCUT2D eigenvalue weighted by molar-refractivity contribution is -0.147. The lowest BCUT2D eigenvalue weighted by Crippen LogP contribution is -2.12. The van der Waals surface area contributed by atoms with Crippen LogP contribution in [0.5, 0.6) is 0 Å². The Balaban J connectivity index is 3.06. The van der Waals surface area contributed by atoms with Gasteiger partial charge in [-0.2, -0.15) is 0 Å². The number of ether oxygens (including phenoxy) is 3. The summed E-state index contributed by atoms with van der Waals surface area (Å²) in [5, 5.41) is 0. The van der Waals surface area contributed by atoms with Gasteiger partial charge in [0.15, 0.2) is 0 Å². The maximum atomic E-state index is 11.3. The van der Waals surface area contributed by atoms with E-state index >= 15 is 0 Å². The molecule has 0 saturated heterocycles. The molecule has 0 aromatic heterocycles. The van der Waals surface area contributed by atoms with Gasteiger partial charge in [-0.25, -0.2) is 0 Å². The number of hydrogen-bond acceptors (Lipinski definition) is 4. The van der Waals surface area contributed by atoms with Crippen LogP contribution in [0.1, 0.15) is 97.8 Å². The van der Waals surface area contributed by atoms with Crippen LogP contribution in [0, 0.1) is 0 Å². The molecule has 0 aromatic rings. The predicted molar refractivity (Wildman–Crippen MR) is 104 cm³/mol. The van der Waals surface area contributed by atoms with Gasteiger partial charge < -0.3 is 14.2 Å².